The molecule has 1 aromatic heterocycles. The van der Waals surface area contributed by atoms with E-state index in [-0.39, 0.29) is 17.2 Å². The van der Waals surface area contributed by atoms with Gasteiger partial charge < -0.3 is 10.1 Å². The molecule has 0 atom stereocenters. The van der Waals surface area contributed by atoms with Crippen molar-refractivity contribution in [2.75, 3.05) is 0 Å². The molecule has 0 aliphatic carbocycles. The van der Waals surface area contributed by atoms with Crippen LogP contribution in [0, 0.1) is 6.92 Å². The summed E-state index contributed by atoms with van der Waals surface area (Å²) < 4.78 is 30.4. The first-order chi connectivity index (χ1) is 10.5. The summed E-state index contributed by atoms with van der Waals surface area (Å²) in [6, 6.07) is 5.69. The first-order valence-electron chi connectivity index (χ1n) is 6.85. The molecule has 0 bridgehead atoms. The number of aryl methyl sites for hydroxylation is 2. The molecule has 5 nitrogen and oxygen atoms in total. The van der Waals surface area contributed by atoms with Gasteiger partial charge in [0.05, 0.1) is 5.69 Å². The van der Waals surface area contributed by atoms with Crippen LogP contribution in [0.1, 0.15) is 28.5 Å². The molecule has 0 fully saturated rings. The fourth-order valence-electron chi connectivity index (χ4n) is 1.99. The van der Waals surface area contributed by atoms with Gasteiger partial charge in [-0.05, 0) is 32.0 Å². The second kappa shape index (κ2) is 7.02. The fourth-order valence-corrected chi connectivity index (χ4v) is 1.99. The van der Waals surface area contributed by atoms with Crippen LogP contribution in [0.3, 0.4) is 0 Å². The average Bonchev–Trinajstić information content (AvgIpc) is 2.85. The molecule has 118 valence electrons. The molecule has 22 heavy (non-hydrogen) atoms. The Morgan fingerprint density at radius 3 is 2.86 bits per heavy atom. The van der Waals surface area contributed by atoms with Gasteiger partial charge in [-0.1, -0.05) is 6.07 Å². The Morgan fingerprint density at radius 1 is 1.45 bits per heavy atom. The summed E-state index contributed by atoms with van der Waals surface area (Å²) in [5.41, 5.74) is 2.02. The van der Waals surface area contributed by atoms with Crippen LogP contribution in [0.5, 0.6) is 5.75 Å². The molecule has 0 unspecified atom stereocenters. The number of rotatable bonds is 6. The second-order valence-electron chi connectivity index (χ2n) is 4.68. The van der Waals surface area contributed by atoms with E-state index in [0.717, 1.165) is 17.8 Å². The van der Waals surface area contributed by atoms with Crippen LogP contribution in [0.2, 0.25) is 0 Å². The number of nitrogens with zero attached hydrogens (tertiary/aromatic N) is 2. The van der Waals surface area contributed by atoms with E-state index in [1.54, 1.807) is 4.68 Å². The zero-order chi connectivity index (χ0) is 16.1. The molecule has 2 rings (SSSR count). The largest absolute Gasteiger partial charge is 0.435 e. The van der Waals surface area contributed by atoms with Crippen LogP contribution in [-0.2, 0) is 13.1 Å². The normalized spacial score (nSPS) is 10.8. The highest BCUT2D eigenvalue weighted by Gasteiger charge is 2.11. The molecule has 0 spiro atoms. The first-order valence-corrected chi connectivity index (χ1v) is 6.85. The Hall–Kier alpha value is -2.44. The van der Waals surface area contributed by atoms with Crippen LogP contribution in [0.4, 0.5) is 8.78 Å². The number of nitrogens with one attached hydrogen (secondary N) is 1. The van der Waals surface area contributed by atoms with Crippen LogP contribution < -0.4 is 10.1 Å². The number of ether oxygens (including phenoxy) is 1. The van der Waals surface area contributed by atoms with Crippen LogP contribution in [-0.4, -0.2) is 22.3 Å². The van der Waals surface area contributed by atoms with Crippen molar-refractivity contribution in [1.82, 2.24) is 15.1 Å². The van der Waals surface area contributed by atoms with Crippen molar-refractivity contribution in [3.05, 3.63) is 47.3 Å². The number of amides is 1. The molecule has 1 heterocycles. The van der Waals surface area contributed by atoms with Crippen molar-refractivity contribution < 1.29 is 18.3 Å². The van der Waals surface area contributed by atoms with Crippen LogP contribution >= 0.6 is 0 Å². The van der Waals surface area contributed by atoms with E-state index in [1.807, 2.05) is 20.0 Å². The van der Waals surface area contributed by atoms with Gasteiger partial charge in [0.2, 0.25) is 0 Å². The molecule has 0 aliphatic rings. The highest BCUT2D eigenvalue weighted by Crippen LogP contribution is 2.16. The summed E-state index contributed by atoms with van der Waals surface area (Å²) in [6.07, 6.45) is 1.87. The summed E-state index contributed by atoms with van der Waals surface area (Å²) >= 11 is 0. The lowest BCUT2D eigenvalue weighted by molar-refractivity contribution is -0.0498. The Kier molecular flexibility index (Phi) is 5.08. The smallest absolute Gasteiger partial charge is 0.387 e. The third-order valence-electron chi connectivity index (χ3n) is 3.13. The molecule has 0 radical (unpaired) electrons. The quantitative estimate of drug-likeness (QED) is 0.892. The molecule has 0 saturated carbocycles. The lowest BCUT2D eigenvalue weighted by Gasteiger charge is -2.07. The number of hydrogen-bond acceptors (Lipinski definition) is 3. The van der Waals surface area contributed by atoms with Crippen LogP contribution in [0.25, 0.3) is 0 Å². The molecule has 7 heteroatoms. The Labute approximate surface area is 126 Å². The lowest BCUT2D eigenvalue weighted by Crippen LogP contribution is -2.23. The molecular formula is C15H17F2N3O2. The Morgan fingerprint density at radius 2 is 2.23 bits per heavy atom. The maximum absolute atomic E-state index is 12.2. The third kappa shape index (κ3) is 4.03. The summed E-state index contributed by atoms with van der Waals surface area (Å²) in [5.74, 6) is -0.402. The molecule has 1 N–H and O–H groups in total. The van der Waals surface area contributed by atoms with E-state index < -0.39 is 6.61 Å². The maximum atomic E-state index is 12.2. The van der Waals surface area contributed by atoms with Crippen LogP contribution in [0.15, 0.2) is 30.5 Å². The van der Waals surface area contributed by atoms with Crippen molar-refractivity contribution in [2.45, 2.75) is 33.5 Å². The van der Waals surface area contributed by atoms with E-state index in [9.17, 15) is 13.6 Å². The SMILES string of the molecule is CCn1cc(CNC(=O)c2cccc(OC(F)F)c2)c(C)n1. The number of carbonyl (C=O) groups excluding carboxylic acids is 1. The number of carbonyl (C=O) groups is 1. The minimum Gasteiger partial charge on any atom is -0.435 e. The lowest BCUT2D eigenvalue weighted by atomic mass is 10.2. The predicted octanol–water partition coefficient (Wildman–Crippen LogP) is 2.74. The molecule has 2 aromatic rings. The van der Waals surface area contributed by atoms with Crippen molar-refractivity contribution >= 4 is 5.91 Å². The minimum absolute atomic E-state index is 0.0439. The molecule has 1 amide bonds. The van der Waals surface area contributed by atoms with E-state index in [0.29, 0.717) is 6.54 Å². The zero-order valence-corrected chi connectivity index (χ0v) is 12.3. The monoisotopic (exact) mass is 309 g/mol. The van der Waals surface area contributed by atoms with Gasteiger partial charge in [0.15, 0.2) is 0 Å². The fraction of sp³-hybridized carbons (Fsp3) is 0.333. The summed E-state index contributed by atoms with van der Waals surface area (Å²) in [7, 11) is 0. The van der Waals surface area contributed by atoms with Gasteiger partial charge in [0.1, 0.15) is 5.75 Å². The van der Waals surface area contributed by atoms with Gasteiger partial charge in [-0.25, -0.2) is 0 Å². The van der Waals surface area contributed by atoms with Gasteiger partial charge in [-0.15, -0.1) is 0 Å². The minimum atomic E-state index is -2.92. The van der Waals surface area contributed by atoms with E-state index >= 15 is 0 Å². The highest BCUT2D eigenvalue weighted by atomic mass is 19.3. The topological polar surface area (TPSA) is 56.2 Å². The number of alkyl halides is 2. The first kappa shape index (κ1) is 15.9. The average molecular weight is 309 g/mol. The molecular weight excluding hydrogens is 292 g/mol. The van der Waals surface area contributed by atoms with Gasteiger partial charge in [0, 0.05) is 30.4 Å². The van der Waals surface area contributed by atoms with Gasteiger partial charge in [0.25, 0.3) is 5.91 Å². The number of halogens is 2. The summed E-state index contributed by atoms with van der Waals surface area (Å²) in [4.78, 5) is 12.1. The molecule has 1 aromatic carbocycles. The standard InChI is InChI=1S/C15H17F2N3O2/c1-3-20-9-12(10(2)19-20)8-18-14(21)11-5-4-6-13(7-11)22-15(16)17/h4-7,9,15H,3,8H2,1-2H3,(H,18,21). The van der Waals surface area contributed by atoms with Gasteiger partial charge in [-0.2, -0.15) is 13.9 Å². The Balaban J connectivity index is 2.01. The molecule has 0 saturated heterocycles. The van der Waals surface area contributed by atoms with Crippen molar-refractivity contribution in [3.63, 3.8) is 0 Å². The summed E-state index contributed by atoms with van der Waals surface area (Å²) in [5, 5.41) is 7.03. The Bertz CT molecular complexity index is 656. The summed E-state index contributed by atoms with van der Waals surface area (Å²) in [6.45, 7) is 2.00. The number of aromatic nitrogens is 2. The number of hydrogen-bond donors (Lipinski definition) is 1. The zero-order valence-electron chi connectivity index (χ0n) is 12.3. The van der Waals surface area contributed by atoms with E-state index in [2.05, 4.69) is 15.2 Å². The van der Waals surface area contributed by atoms with E-state index in [4.69, 9.17) is 0 Å². The maximum Gasteiger partial charge on any atom is 0.387 e. The molecule has 0 aliphatic heterocycles. The van der Waals surface area contributed by atoms with Crippen molar-refractivity contribution in [1.29, 1.82) is 0 Å². The number of benzene rings is 1. The van der Waals surface area contributed by atoms with E-state index in [1.165, 1.54) is 24.3 Å². The predicted molar refractivity (Wildman–Crippen MR) is 76.9 cm³/mol. The van der Waals surface area contributed by atoms with Gasteiger partial charge in [-0.3, -0.25) is 9.48 Å². The second-order valence-corrected chi connectivity index (χ2v) is 4.68. The van der Waals surface area contributed by atoms with Crippen molar-refractivity contribution in [2.24, 2.45) is 0 Å². The van der Waals surface area contributed by atoms with Crippen molar-refractivity contribution in [3.8, 4) is 5.75 Å². The van der Waals surface area contributed by atoms with Gasteiger partial charge >= 0.3 is 6.61 Å². The highest BCUT2D eigenvalue weighted by molar-refractivity contribution is 5.94. The third-order valence-corrected chi connectivity index (χ3v) is 3.13.